The largest absolute Gasteiger partial charge is 0.326 e. The number of benzene rings is 1. The van der Waals surface area contributed by atoms with Gasteiger partial charge in [0.2, 0.25) is 10.0 Å². The van der Waals surface area contributed by atoms with Gasteiger partial charge in [-0.1, -0.05) is 24.6 Å². The van der Waals surface area contributed by atoms with E-state index in [1.165, 1.54) is 6.07 Å². The Morgan fingerprint density at radius 3 is 2.67 bits per heavy atom. The highest BCUT2D eigenvalue weighted by Gasteiger charge is 2.30. The number of nitrogens with one attached hydrogen (secondary N) is 1. The molecule has 0 unspecified atom stereocenters. The average Bonchev–Trinajstić information content (AvgIpc) is 2.27. The first kappa shape index (κ1) is 13.8. The van der Waals surface area contributed by atoms with E-state index >= 15 is 0 Å². The van der Waals surface area contributed by atoms with E-state index in [0.717, 1.165) is 18.4 Å². The third-order valence-corrected chi connectivity index (χ3v) is 5.22. The van der Waals surface area contributed by atoms with Crippen LogP contribution in [-0.4, -0.2) is 14.5 Å². The first-order valence-corrected chi connectivity index (χ1v) is 7.79. The molecule has 100 valence electrons. The zero-order valence-corrected chi connectivity index (χ0v) is 11.8. The van der Waals surface area contributed by atoms with Gasteiger partial charge in [-0.3, -0.25) is 0 Å². The Labute approximate surface area is 113 Å². The Kier molecular flexibility index (Phi) is 3.96. The van der Waals surface area contributed by atoms with Crippen molar-refractivity contribution >= 4 is 21.6 Å². The molecule has 1 aromatic rings. The maximum Gasteiger partial charge on any atom is 0.242 e. The summed E-state index contributed by atoms with van der Waals surface area (Å²) in [4.78, 5) is 0.117. The molecule has 0 heterocycles. The fourth-order valence-electron chi connectivity index (χ4n) is 2.16. The zero-order chi connectivity index (χ0) is 13.3. The summed E-state index contributed by atoms with van der Waals surface area (Å²) in [5, 5.41) is 0.229. The molecule has 0 bridgehead atoms. The summed E-state index contributed by atoms with van der Waals surface area (Å²) in [5.74, 6) is 0.587. The first-order valence-electron chi connectivity index (χ1n) is 5.93. The van der Waals surface area contributed by atoms with Crippen molar-refractivity contribution in [3.8, 4) is 0 Å². The lowest BCUT2D eigenvalue weighted by atomic mass is 9.83. The summed E-state index contributed by atoms with van der Waals surface area (Å²) in [6.07, 6.45) is 1.76. The number of halogens is 1. The molecule has 1 aliphatic rings. The predicted molar refractivity (Wildman–Crippen MR) is 71.9 cm³/mol. The van der Waals surface area contributed by atoms with Gasteiger partial charge >= 0.3 is 0 Å². The summed E-state index contributed by atoms with van der Waals surface area (Å²) >= 11 is 5.95. The van der Waals surface area contributed by atoms with Crippen molar-refractivity contribution in [2.75, 3.05) is 0 Å². The molecule has 1 fully saturated rings. The Bertz CT molecular complexity index is 539. The topological polar surface area (TPSA) is 72.2 Å². The minimum absolute atomic E-state index is 0.0302. The number of nitrogens with two attached hydrogens (primary N) is 1. The van der Waals surface area contributed by atoms with Crippen LogP contribution in [0, 0.1) is 5.92 Å². The molecule has 0 amide bonds. The Morgan fingerprint density at radius 1 is 1.44 bits per heavy atom. The van der Waals surface area contributed by atoms with Gasteiger partial charge < -0.3 is 5.73 Å². The van der Waals surface area contributed by atoms with Gasteiger partial charge in [0, 0.05) is 12.6 Å². The van der Waals surface area contributed by atoms with Crippen molar-refractivity contribution in [2.24, 2.45) is 11.7 Å². The number of hydrogen-bond acceptors (Lipinski definition) is 3. The minimum Gasteiger partial charge on any atom is -0.326 e. The van der Waals surface area contributed by atoms with E-state index in [0.29, 0.717) is 12.5 Å². The maximum atomic E-state index is 12.2. The maximum absolute atomic E-state index is 12.2. The second kappa shape index (κ2) is 5.17. The molecule has 4 nitrogen and oxygen atoms in total. The average molecular weight is 289 g/mol. The van der Waals surface area contributed by atoms with Crippen LogP contribution in [0.25, 0.3) is 0 Å². The molecule has 0 spiro atoms. The normalized spacial score (nSPS) is 23.7. The van der Waals surface area contributed by atoms with Crippen LogP contribution in [0.5, 0.6) is 0 Å². The van der Waals surface area contributed by atoms with Crippen LogP contribution in [0.1, 0.15) is 25.3 Å². The summed E-state index contributed by atoms with van der Waals surface area (Å²) in [6.45, 7) is 2.40. The van der Waals surface area contributed by atoms with Crippen LogP contribution in [0.3, 0.4) is 0 Å². The van der Waals surface area contributed by atoms with Crippen LogP contribution >= 0.6 is 11.6 Å². The second-order valence-electron chi connectivity index (χ2n) is 4.86. The van der Waals surface area contributed by atoms with Crippen molar-refractivity contribution in [1.82, 2.24) is 4.72 Å². The van der Waals surface area contributed by atoms with Gasteiger partial charge in [0.15, 0.2) is 0 Å². The van der Waals surface area contributed by atoms with Crippen LogP contribution in [0.2, 0.25) is 5.02 Å². The third-order valence-electron chi connectivity index (χ3n) is 3.22. The lowest BCUT2D eigenvalue weighted by molar-refractivity contribution is 0.270. The van der Waals surface area contributed by atoms with Gasteiger partial charge in [-0.15, -0.1) is 0 Å². The molecule has 0 saturated heterocycles. The molecular weight excluding hydrogens is 272 g/mol. The molecule has 0 aromatic heterocycles. The van der Waals surface area contributed by atoms with Gasteiger partial charge in [0.05, 0.1) is 5.02 Å². The molecule has 0 radical (unpaired) electrons. The minimum atomic E-state index is -3.54. The highest BCUT2D eigenvalue weighted by molar-refractivity contribution is 7.89. The zero-order valence-electron chi connectivity index (χ0n) is 10.2. The molecule has 1 aliphatic carbocycles. The Morgan fingerprint density at radius 2 is 2.11 bits per heavy atom. The first-order chi connectivity index (χ1) is 8.42. The number of rotatable bonds is 4. The van der Waals surface area contributed by atoms with Crippen molar-refractivity contribution in [3.63, 3.8) is 0 Å². The Balaban J connectivity index is 2.23. The molecule has 3 N–H and O–H groups in total. The van der Waals surface area contributed by atoms with Crippen molar-refractivity contribution in [3.05, 3.63) is 28.8 Å². The molecule has 1 aromatic carbocycles. The molecule has 0 aliphatic heterocycles. The lowest BCUT2D eigenvalue weighted by Crippen LogP contribution is -2.43. The predicted octanol–water partition coefficient (Wildman–Crippen LogP) is 1.88. The SMILES string of the molecule is CC1CC(NS(=O)(=O)c2cc(CN)ccc2Cl)C1. The quantitative estimate of drug-likeness (QED) is 0.888. The smallest absolute Gasteiger partial charge is 0.242 e. The molecule has 0 atom stereocenters. The van der Waals surface area contributed by atoms with Gasteiger partial charge in [0.1, 0.15) is 4.90 Å². The van der Waals surface area contributed by atoms with E-state index in [2.05, 4.69) is 11.6 Å². The van der Waals surface area contributed by atoms with Gasteiger partial charge in [-0.25, -0.2) is 13.1 Å². The fraction of sp³-hybridized carbons (Fsp3) is 0.500. The van der Waals surface area contributed by atoms with E-state index in [-0.39, 0.29) is 16.0 Å². The monoisotopic (exact) mass is 288 g/mol. The fourth-order valence-corrected chi connectivity index (χ4v) is 3.97. The molecule has 6 heteroatoms. The number of hydrogen-bond donors (Lipinski definition) is 2. The van der Waals surface area contributed by atoms with Crippen LogP contribution < -0.4 is 10.5 Å². The summed E-state index contributed by atoms with van der Waals surface area (Å²) in [5.41, 5.74) is 6.26. The molecular formula is C12H17ClN2O2S. The van der Waals surface area contributed by atoms with Crippen LogP contribution in [0.15, 0.2) is 23.1 Å². The van der Waals surface area contributed by atoms with Gasteiger partial charge in [-0.2, -0.15) is 0 Å². The van der Waals surface area contributed by atoms with Crippen molar-refractivity contribution in [2.45, 2.75) is 37.2 Å². The third kappa shape index (κ3) is 2.85. The highest BCUT2D eigenvalue weighted by Crippen LogP contribution is 2.29. The van der Waals surface area contributed by atoms with E-state index in [9.17, 15) is 8.42 Å². The Hall–Kier alpha value is -0.620. The summed E-state index contributed by atoms with van der Waals surface area (Å²) in [6, 6.07) is 4.86. The van der Waals surface area contributed by atoms with Crippen LogP contribution in [-0.2, 0) is 16.6 Å². The molecule has 2 rings (SSSR count). The standard InChI is InChI=1S/C12H17ClN2O2S/c1-8-4-10(5-8)15-18(16,17)12-6-9(7-14)2-3-11(12)13/h2-3,6,8,10,15H,4-5,7,14H2,1H3. The van der Waals surface area contributed by atoms with Crippen molar-refractivity contribution < 1.29 is 8.42 Å². The molecule has 1 saturated carbocycles. The summed E-state index contributed by atoms with van der Waals surface area (Å²) in [7, 11) is -3.54. The van der Waals surface area contributed by atoms with E-state index in [1.807, 2.05) is 0 Å². The lowest BCUT2D eigenvalue weighted by Gasteiger charge is -2.33. The van der Waals surface area contributed by atoms with Gasteiger partial charge in [-0.05, 0) is 36.5 Å². The van der Waals surface area contributed by atoms with E-state index < -0.39 is 10.0 Å². The number of sulfonamides is 1. The summed E-state index contributed by atoms with van der Waals surface area (Å²) < 4.78 is 27.1. The van der Waals surface area contributed by atoms with E-state index in [1.54, 1.807) is 12.1 Å². The molecule has 18 heavy (non-hydrogen) atoms. The van der Waals surface area contributed by atoms with Crippen LogP contribution in [0.4, 0.5) is 0 Å². The highest BCUT2D eigenvalue weighted by atomic mass is 35.5. The second-order valence-corrected chi connectivity index (χ2v) is 6.95. The van der Waals surface area contributed by atoms with Gasteiger partial charge in [0.25, 0.3) is 0 Å². The van der Waals surface area contributed by atoms with Crippen molar-refractivity contribution in [1.29, 1.82) is 0 Å². The van der Waals surface area contributed by atoms with E-state index in [4.69, 9.17) is 17.3 Å².